The van der Waals surface area contributed by atoms with Gasteiger partial charge in [0.05, 0.1) is 29.6 Å². The van der Waals surface area contributed by atoms with E-state index in [0.29, 0.717) is 50.3 Å². The first-order valence-electron chi connectivity index (χ1n) is 16.9. The van der Waals surface area contributed by atoms with Gasteiger partial charge >= 0.3 is 5.97 Å². The number of anilines is 1. The summed E-state index contributed by atoms with van der Waals surface area (Å²) in [5.41, 5.74) is -0.706. The summed E-state index contributed by atoms with van der Waals surface area (Å²) in [7, 11) is 5.47. The first-order valence-corrected chi connectivity index (χ1v) is 16.9. The zero-order valence-electron chi connectivity index (χ0n) is 29.2. The van der Waals surface area contributed by atoms with Gasteiger partial charge in [0.2, 0.25) is 5.91 Å². The van der Waals surface area contributed by atoms with Crippen LogP contribution in [0.1, 0.15) is 70.7 Å². The van der Waals surface area contributed by atoms with Gasteiger partial charge in [-0.1, -0.05) is 26.8 Å². The highest BCUT2D eigenvalue weighted by atomic mass is 16.7. The molecule has 0 aliphatic carbocycles. The molecule has 3 aliphatic heterocycles. The quantitative estimate of drug-likeness (QED) is 0.403. The minimum Gasteiger partial charge on any atom is -0.461 e. The third-order valence-corrected chi connectivity index (χ3v) is 9.95. The average Bonchev–Trinajstić information content (AvgIpc) is 3.02. The minimum atomic E-state index is -1.56. The average molecular weight is 662 g/mol. The molecule has 0 radical (unpaired) electrons. The van der Waals surface area contributed by atoms with Gasteiger partial charge in [-0.2, -0.15) is 0 Å². The third kappa shape index (κ3) is 9.10. The van der Waals surface area contributed by atoms with Crippen LogP contribution in [0.2, 0.25) is 0 Å². The van der Waals surface area contributed by atoms with Crippen molar-refractivity contribution in [1.29, 1.82) is 0 Å². The highest BCUT2D eigenvalue weighted by Crippen LogP contribution is 2.37. The molecule has 12 nitrogen and oxygen atoms in total. The number of esters is 1. The monoisotopic (exact) mass is 661 g/mol. The Labute approximate surface area is 279 Å². The number of hydrogen-bond donors (Lipinski definition) is 3. The van der Waals surface area contributed by atoms with Crippen LogP contribution in [0.4, 0.5) is 5.69 Å². The number of carbonyl (C=O) groups excluding carboxylic acids is 3. The molecule has 2 amide bonds. The van der Waals surface area contributed by atoms with Crippen molar-refractivity contribution in [1.82, 2.24) is 9.80 Å². The summed E-state index contributed by atoms with van der Waals surface area (Å²) in [6.45, 7) is 10.2. The number of benzene rings is 1. The Bertz CT molecular complexity index is 1240. The Morgan fingerprint density at radius 2 is 1.81 bits per heavy atom. The minimum absolute atomic E-state index is 0.184. The van der Waals surface area contributed by atoms with Crippen LogP contribution in [-0.4, -0.2) is 121 Å². The number of carbonyl (C=O) groups is 3. The molecule has 0 saturated carbocycles. The molecule has 12 heteroatoms. The van der Waals surface area contributed by atoms with Crippen molar-refractivity contribution < 1.29 is 43.5 Å². The standard InChI is InChI=1S/C35H55N3O9/c1-20-18-35(5,43)30(47-34-28(39)27(37(6)7)16-21(2)45-34)22(3)29(46-33(42)24-12-14-44-15-13-24)23(4)31(40)36-26-11-9-10-25(17-26)32(41)38(8)19-20/h9-11,17,20-24,27-30,34,39,43H,12-16,18-19H2,1-8H3,(H,36,40)/t20-,21-,22+,23-,27+,28-,29+,30-,34+,35-/m1/s1. The number of ether oxygens (including phenoxy) is 4. The molecular formula is C35H55N3O9. The molecule has 3 heterocycles. The Morgan fingerprint density at radius 3 is 2.47 bits per heavy atom. The van der Waals surface area contributed by atoms with E-state index < -0.39 is 53.9 Å². The van der Waals surface area contributed by atoms with Crippen LogP contribution >= 0.6 is 0 Å². The van der Waals surface area contributed by atoms with E-state index in [2.05, 4.69) is 5.32 Å². The SMILES string of the molecule is C[C@H]1CN(C)C(=O)c2cccc(c2)NC(=O)[C@H](C)[C@@H](OC(=O)C2CCOCC2)[C@H](C)[C@@H](O[C@@H]2O[C@H](C)C[C@H](N(C)C)[C@H]2O)[C@](C)(O)C1. The zero-order chi connectivity index (χ0) is 34.6. The van der Waals surface area contributed by atoms with Gasteiger partial charge in [-0.3, -0.25) is 14.4 Å². The Hall–Kier alpha value is -2.61. The molecule has 2 saturated heterocycles. The van der Waals surface area contributed by atoms with Gasteiger partial charge < -0.3 is 44.3 Å². The molecule has 2 bridgehead atoms. The number of amides is 2. The van der Waals surface area contributed by atoms with E-state index in [9.17, 15) is 24.6 Å². The largest absolute Gasteiger partial charge is 0.461 e. The predicted molar refractivity (Wildman–Crippen MR) is 175 cm³/mol. The molecule has 1 aromatic carbocycles. The van der Waals surface area contributed by atoms with Gasteiger partial charge in [-0.25, -0.2) is 0 Å². The molecule has 2 fully saturated rings. The first kappa shape index (κ1) is 37.2. The molecule has 3 N–H and O–H groups in total. The van der Waals surface area contributed by atoms with E-state index in [0.717, 1.165) is 0 Å². The van der Waals surface area contributed by atoms with Crippen molar-refractivity contribution in [2.75, 3.05) is 46.2 Å². The summed E-state index contributed by atoms with van der Waals surface area (Å²) >= 11 is 0. The lowest BCUT2D eigenvalue weighted by Gasteiger charge is -2.47. The maximum atomic E-state index is 13.8. The first-order chi connectivity index (χ1) is 22.1. The van der Waals surface area contributed by atoms with Gasteiger partial charge in [0.15, 0.2) is 6.29 Å². The summed E-state index contributed by atoms with van der Waals surface area (Å²) in [4.78, 5) is 44.3. The van der Waals surface area contributed by atoms with Gasteiger partial charge in [0.25, 0.3) is 5.91 Å². The van der Waals surface area contributed by atoms with Crippen LogP contribution < -0.4 is 5.32 Å². The molecule has 3 aliphatic rings. The number of rotatable bonds is 5. The van der Waals surface area contributed by atoms with E-state index in [1.165, 1.54) is 0 Å². The fraction of sp³-hybridized carbons (Fsp3) is 0.743. The lowest BCUT2D eigenvalue weighted by molar-refractivity contribution is -0.299. The Balaban J connectivity index is 1.76. The topological polar surface area (TPSA) is 147 Å². The van der Waals surface area contributed by atoms with Crippen LogP contribution in [0, 0.1) is 23.7 Å². The highest BCUT2D eigenvalue weighted by Gasteiger charge is 2.49. The fourth-order valence-electron chi connectivity index (χ4n) is 7.43. The molecule has 47 heavy (non-hydrogen) atoms. The van der Waals surface area contributed by atoms with E-state index >= 15 is 0 Å². The fourth-order valence-corrected chi connectivity index (χ4v) is 7.43. The van der Waals surface area contributed by atoms with E-state index in [1.54, 1.807) is 57.0 Å². The number of aliphatic hydroxyl groups is 2. The maximum Gasteiger partial charge on any atom is 0.309 e. The van der Waals surface area contributed by atoms with Crippen LogP contribution in [0.15, 0.2) is 24.3 Å². The predicted octanol–water partition coefficient (Wildman–Crippen LogP) is 2.91. The second-order valence-electron chi connectivity index (χ2n) is 14.5. The number of nitrogens with zero attached hydrogens (tertiary/aromatic N) is 2. The summed E-state index contributed by atoms with van der Waals surface area (Å²) in [5, 5.41) is 26.6. The molecule has 0 unspecified atom stereocenters. The smallest absolute Gasteiger partial charge is 0.309 e. The van der Waals surface area contributed by atoms with Gasteiger partial charge in [0.1, 0.15) is 12.2 Å². The lowest BCUT2D eigenvalue weighted by atomic mass is 9.77. The van der Waals surface area contributed by atoms with Crippen molar-refractivity contribution >= 4 is 23.5 Å². The van der Waals surface area contributed by atoms with Crippen molar-refractivity contribution in [2.45, 2.75) is 103 Å². The summed E-state index contributed by atoms with van der Waals surface area (Å²) in [6, 6.07) is 6.48. The second-order valence-corrected chi connectivity index (χ2v) is 14.5. The Morgan fingerprint density at radius 1 is 1.13 bits per heavy atom. The van der Waals surface area contributed by atoms with Crippen LogP contribution in [-0.2, 0) is 28.5 Å². The molecule has 0 spiro atoms. The van der Waals surface area contributed by atoms with E-state index in [1.807, 2.05) is 32.8 Å². The van der Waals surface area contributed by atoms with Crippen molar-refractivity contribution in [3.05, 3.63) is 29.8 Å². The summed E-state index contributed by atoms with van der Waals surface area (Å²) < 4.78 is 24.4. The number of nitrogens with one attached hydrogen (secondary N) is 1. The van der Waals surface area contributed by atoms with Gasteiger partial charge in [-0.15, -0.1) is 0 Å². The van der Waals surface area contributed by atoms with Gasteiger partial charge in [-0.05, 0) is 77.7 Å². The molecule has 1 aromatic rings. The van der Waals surface area contributed by atoms with Gasteiger partial charge in [0, 0.05) is 50.0 Å². The van der Waals surface area contributed by atoms with Crippen LogP contribution in [0.5, 0.6) is 0 Å². The van der Waals surface area contributed by atoms with E-state index in [-0.39, 0.29) is 36.3 Å². The number of hydrogen-bond acceptors (Lipinski definition) is 10. The maximum absolute atomic E-state index is 13.8. The molecule has 0 aromatic heterocycles. The van der Waals surface area contributed by atoms with Crippen LogP contribution in [0.25, 0.3) is 0 Å². The molecule has 10 atom stereocenters. The van der Waals surface area contributed by atoms with Crippen molar-refractivity contribution in [3.63, 3.8) is 0 Å². The normalized spacial score (nSPS) is 36.7. The van der Waals surface area contributed by atoms with Crippen molar-refractivity contribution in [2.24, 2.45) is 23.7 Å². The number of fused-ring (bicyclic) bond motifs is 2. The number of aliphatic hydroxyl groups excluding tert-OH is 1. The van der Waals surface area contributed by atoms with E-state index in [4.69, 9.17) is 18.9 Å². The van der Waals surface area contributed by atoms with Crippen molar-refractivity contribution in [3.8, 4) is 0 Å². The zero-order valence-corrected chi connectivity index (χ0v) is 29.2. The number of likely N-dealkylation sites (N-methyl/N-ethyl adjacent to an activating group) is 1. The summed E-state index contributed by atoms with van der Waals surface area (Å²) in [5.74, 6) is -3.25. The Kier molecular flexibility index (Phi) is 12.5. The molecular weight excluding hydrogens is 606 g/mol. The lowest BCUT2D eigenvalue weighted by Crippen LogP contribution is -2.59. The van der Waals surface area contributed by atoms with Crippen LogP contribution in [0.3, 0.4) is 0 Å². The summed E-state index contributed by atoms with van der Waals surface area (Å²) in [6.07, 6.45) is -2.61. The molecule has 264 valence electrons. The third-order valence-electron chi connectivity index (χ3n) is 9.95. The molecule has 4 rings (SSSR count). The highest BCUT2D eigenvalue weighted by molar-refractivity contribution is 5.97. The second kappa shape index (κ2) is 15.7.